The Bertz CT molecular complexity index is 876. The lowest BCUT2D eigenvalue weighted by atomic mass is 10.2. The molecule has 2 heterocycles. The number of rotatable bonds is 6. The van der Waals surface area contributed by atoms with Gasteiger partial charge in [0.05, 0.1) is 16.4 Å². The van der Waals surface area contributed by atoms with E-state index in [2.05, 4.69) is 15.0 Å². The van der Waals surface area contributed by atoms with Crippen molar-refractivity contribution in [1.82, 2.24) is 15.0 Å². The fraction of sp³-hybridized carbons (Fsp3) is 0.353. The number of anilines is 1. The fourth-order valence-electron chi connectivity index (χ4n) is 2.49. The van der Waals surface area contributed by atoms with Crippen LogP contribution in [0.25, 0.3) is 10.2 Å². The van der Waals surface area contributed by atoms with Crippen molar-refractivity contribution in [2.75, 3.05) is 32.1 Å². The molecule has 0 radical (unpaired) electrons. The van der Waals surface area contributed by atoms with Gasteiger partial charge in [-0.2, -0.15) is 0 Å². The normalized spacial score (nSPS) is 11.4. The molecule has 1 amide bonds. The number of halogens is 1. The SMILES string of the molecule is Cc1c(Cl)ccc2sc(N(CCCN(C)C)C(=O)c3ccno3)nc12. The minimum absolute atomic E-state index is 0.207. The van der Waals surface area contributed by atoms with Gasteiger partial charge in [0.15, 0.2) is 5.13 Å². The number of carbonyl (C=O) groups excluding carboxylic acids is 1. The molecule has 0 aliphatic rings. The maximum Gasteiger partial charge on any atom is 0.298 e. The standard InChI is InChI=1S/C17H19ClN4O2S/c1-11-12(18)5-6-14-15(11)20-17(25-14)22(10-4-9-21(2)3)16(23)13-7-8-19-24-13/h5-8H,4,9-10H2,1-3H3. The summed E-state index contributed by atoms with van der Waals surface area (Å²) in [6.45, 7) is 3.35. The Morgan fingerprint density at radius 1 is 1.28 bits per heavy atom. The maximum atomic E-state index is 12.8. The van der Waals surface area contributed by atoms with Crippen LogP contribution in [0.4, 0.5) is 5.13 Å². The molecule has 132 valence electrons. The number of fused-ring (bicyclic) bond motifs is 1. The summed E-state index contributed by atoms with van der Waals surface area (Å²) in [4.78, 5) is 21.2. The molecule has 0 saturated carbocycles. The zero-order valence-corrected chi connectivity index (χ0v) is 15.9. The Morgan fingerprint density at radius 2 is 2.08 bits per heavy atom. The Labute approximate surface area is 155 Å². The molecule has 0 fully saturated rings. The quantitative estimate of drug-likeness (QED) is 0.652. The van der Waals surface area contributed by atoms with Crippen molar-refractivity contribution in [2.45, 2.75) is 13.3 Å². The lowest BCUT2D eigenvalue weighted by Crippen LogP contribution is -2.33. The average molecular weight is 379 g/mol. The molecule has 25 heavy (non-hydrogen) atoms. The van der Waals surface area contributed by atoms with Crippen molar-refractivity contribution in [1.29, 1.82) is 0 Å². The number of thiazole rings is 1. The minimum atomic E-state index is -0.237. The van der Waals surface area contributed by atoms with Crippen molar-refractivity contribution in [2.24, 2.45) is 0 Å². The van der Waals surface area contributed by atoms with Gasteiger partial charge in [0, 0.05) is 17.6 Å². The smallest absolute Gasteiger partial charge is 0.298 e. The second kappa shape index (κ2) is 7.51. The van der Waals surface area contributed by atoms with Crippen molar-refractivity contribution in [3.8, 4) is 0 Å². The zero-order chi connectivity index (χ0) is 18.0. The molecule has 2 aromatic heterocycles. The number of benzene rings is 1. The van der Waals surface area contributed by atoms with Gasteiger partial charge in [-0.3, -0.25) is 9.69 Å². The van der Waals surface area contributed by atoms with E-state index in [1.54, 1.807) is 11.0 Å². The first-order valence-corrected chi connectivity index (χ1v) is 9.09. The fourth-order valence-corrected chi connectivity index (χ4v) is 3.69. The minimum Gasteiger partial charge on any atom is -0.351 e. The molecule has 0 atom stereocenters. The summed E-state index contributed by atoms with van der Waals surface area (Å²) in [5.74, 6) is -0.0297. The van der Waals surface area contributed by atoms with Crippen LogP contribution in [0.5, 0.6) is 0 Å². The Morgan fingerprint density at radius 3 is 2.76 bits per heavy atom. The van der Waals surface area contributed by atoms with Crippen LogP contribution in [0.2, 0.25) is 5.02 Å². The van der Waals surface area contributed by atoms with Gasteiger partial charge in [-0.25, -0.2) is 4.98 Å². The lowest BCUT2D eigenvalue weighted by Gasteiger charge is -2.19. The lowest BCUT2D eigenvalue weighted by molar-refractivity contribution is 0.0950. The topological polar surface area (TPSA) is 62.5 Å². The largest absolute Gasteiger partial charge is 0.351 e. The third kappa shape index (κ3) is 3.84. The van der Waals surface area contributed by atoms with Gasteiger partial charge >= 0.3 is 0 Å². The molecule has 3 aromatic rings. The molecule has 0 spiro atoms. The summed E-state index contributed by atoms with van der Waals surface area (Å²) in [6, 6.07) is 5.36. The Balaban J connectivity index is 1.95. The van der Waals surface area contributed by atoms with Crippen molar-refractivity contribution in [3.63, 3.8) is 0 Å². The van der Waals surface area contributed by atoms with Gasteiger partial charge in [-0.15, -0.1) is 0 Å². The summed E-state index contributed by atoms with van der Waals surface area (Å²) >= 11 is 7.67. The molecule has 0 N–H and O–H groups in total. The van der Waals surface area contributed by atoms with E-state index in [0.717, 1.165) is 28.7 Å². The van der Waals surface area contributed by atoms with Crippen LogP contribution in [0.1, 0.15) is 22.5 Å². The van der Waals surface area contributed by atoms with E-state index in [1.807, 2.05) is 33.2 Å². The highest BCUT2D eigenvalue weighted by atomic mass is 35.5. The molecule has 6 nitrogen and oxygen atoms in total. The van der Waals surface area contributed by atoms with Crippen LogP contribution < -0.4 is 4.90 Å². The molecule has 3 rings (SSSR count). The highest BCUT2D eigenvalue weighted by Gasteiger charge is 2.24. The zero-order valence-electron chi connectivity index (χ0n) is 14.3. The van der Waals surface area contributed by atoms with Gasteiger partial charge in [0.1, 0.15) is 0 Å². The first-order chi connectivity index (χ1) is 12.0. The summed E-state index contributed by atoms with van der Waals surface area (Å²) in [6.07, 6.45) is 2.29. The van der Waals surface area contributed by atoms with E-state index < -0.39 is 0 Å². The Kier molecular flexibility index (Phi) is 5.36. The number of hydrogen-bond donors (Lipinski definition) is 0. The van der Waals surface area contributed by atoms with E-state index in [9.17, 15) is 4.79 Å². The third-order valence-electron chi connectivity index (χ3n) is 3.85. The van der Waals surface area contributed by atoms with Gasteiger partial charge in [0.2, 0.25) is 5.76 Å². The van der Waals surface area contributed by atoms with Gasteiger partial charge in [-0.05, 0) is 51.7 Å². The van der Waals surface area contributed by atoms with Crippen LogP contribution in [-0.4, -0.2) is 48.1 Å². The van der Waals surface area contributed by atoms with E-state index >= 15 is 0 Å². The second-order valence-corrected chi connectivity index (χ2v) is 7.42. The van der Waals surface area contributed by atoms with E-state index in [-0.39, 0.29) is 11.7 Å². The second-order valence-electron chi connectivity index (χ2n) is 6.01. The average Bonchev–Trinajstić information content (AvgIpc) is 3.24. The molecule has 0 unspecified atom stereocenters. The van der Waals surface area contributed by atoms with Gasteiger partial charge < -0.3 is 9.42 Å². The molecule has 0 saturated heterocycles. The molecular weight excluding hydrogens is 360 g/mol. The number of carbonyl (C=O) groups is 1. The first kappa shape index (κ1) is 17.8. The van der Waals surface area contributed by atoms with Crippen LogP contribution in [-0.2, 0) is 0 Å². The van der Waals surface area contributed by atoms with E-state index in [0.29, 0.717) is 16.7 Å². The molecule has 0 bridgehead atoms. The van der Waals surface area contributed by atoms with Crippen LogP contribution in [0, 0.1) is 6.92 Å². The number of nitrogens with zero attached hydrogens (tertiary/aromatic N) is 4. The summed E-state index contributed by atoms with van der Waals surface area (Å²) < 4.78 is 6.05. The summed E-state index contributed by atoms with van der Waals surface area (Å²) in [5, 5.41) is 4.94. The predicted octanol–water partition coefficient (Wildman–Crippen LogP) is 3.84. The van der Waals surface area contributed by atoms with Crippen LogP contribution >= 0.6 is 22.9 Å². The number of aryl methyl sites for hydroxylation is 1. The molecular formula is C17H19ClN4O2S. The molecule has 0 aliphatic heterocycles. The van der Waals surface area contributed by atoms with E-state index in [4.69, 9.17) is 16.1 Å². The van der Waals surface area contributed by atoms with Crippen LogP contribution in [0.3, 0.4) is 0 Å². The van der Waals surface area contributed by atoms with Crippen molar-refractivity contribution in [3.05, 3.63) is 40.7 Å². The highest BCUT2D eigenvalue weighted by molar-refractivity contribution is 7.22. The van der Waals surface area contributed by atoms with Crippen molar-refractivity contribution >= 4 is 44.2 Å². The molecule has 1 aromatic carbocycles. The van der Waals surface area contributed by atoms with Gasteiger partial charge in [-0.1, -0.05) is 28.1 Å². The van der Waals surface area contributed by atoms with Crippen molar-refractivity contribution < 1.29 is 9.32 Å². The first-order valence-electron chi connectivity index (χ1n) is 7.90. The Hall–Kier alpha value is -1.96. The van der Waals surface area contributed by atoms with E-state index in [1.165, 1.54) is 17.5 Å². The summed E-state index contributed by atoms with van der Waals surface area (Å²) in [7, 11) is 4.01. The summed E-state index contributed by atoms with van der Waals surface area (Å²) in [5.41, 5.74) is 1.75. The number of aromatic nitrogens is 2. The highest BCUT2D eigenvalue weighted by Crippen LogP contribution is 2.34. The molecule has 0 aliphatic carbocycles. The van der Waals surface area contributed by atoms with Crippen LogP contribution in [0.15, 0.2) is 28.9 Å². The van der Waals surface area contributed by atoms with Gasteiger partial charge in [0.25, 0.3) is 5.91 Å². The third-order valence-corrected chi connectivity index (χ3v) is 5.30. The number of hydrogen-bond acceptors (Lipinski definition) is 6. The monoisotopic (exact) mass is 378 g/mol. The molecule has 8 heteroatoms. The maximum absolute atomic E-state index is 12.8. The number of amides is 1. The predicted molar refractivity (Wildman–Crippen MR) is 101 cm³/mol.